The highest BCUT2D eigenvalue weighted by atomic mass is 19.4. The van der Waals surface area contributed by atoms with Crippen molar-refractivity contribution in [1.82, 2.24) is 5.32 Å². The lowest BCUT2D eigenvalue weighted by atomic mass is 10.1. The van der Waals surface area contributed by atoms with Gasteiger partial charge >= 0.3 is 18.4 Å². The molecule has 1 fully saturated rings. The van der Waals surface area contributed by atoms with Gasteiger partial charge in [-0.25, -0.2) is 4.79 Å². The summed E-state index contributed by atoms with van der Waals surface area (Å²) in [5, 5.41) is 11.1. The van der Waals surface area contributed by atoms with Crippen LogP contribution < -0.4 is 16.0 Å². The van der Waals surface area contributed by atoms with E-state index in [4.69, 9.17) is 15.7 Å². The summed E-state index contributed by atoms with van der Waals surface area (Å²) < 4.78 is 89.1. The Morgan fingerprint density at radius 1 is 1.35 bits per heavy atom. The van der Waals surface area contributed by atoms with Crippen molar-refractivity contribution in [3.05, 3.63) is 29.3 Å². The van der Waals surface area contributed by atoms with Gasteiger partial charge in [0.25, 0.3) is 5.91 Å². The Morgan fingerprint density at radius 3 is 2.52 bits per heavy atom. The van der Waals surface area contributed by atoms with Crippen LogP contribution in [0.5, 0.6) is 0 Å². The molecule has 0 radical (unpaired) electrons. The minimum Gasteiger partial charge on any atom is -0.448 e. The maximum absolute atomic E-state index is 13.4. The molecule has 0 bridgehead atoms. The molecule has 1 saturated heterocycles. The summed E-state index contributed by atoms with van der Waals surface area (Å²) in [5.41, 5.74) is 2.06. The number of amides is 2. The number of nitrogens with one attached hydrogen (secondary N) is 1. The van der Waals surface area contributed by atoms with Gasteiger partial charge in [-0.1, -0.05) is 0 Å². The number of hydrogen-bond acceptors (Lipinski definition) is 6. The Morgan fingerprint density at radius 2 is 2.00 bits per heavy atom. The fourth-order valence-electron chi connectivity index (χ4n) is 2.81. The number of rotatable bonds is 5. The zero-order chi connectivity index (χ0) is 23.6. The van der Waals surface area contributed by atoms with Crippen molar-refractivity contribution < 1.29 is 45.4 Å². The normalized spacial score (nSPS) is 20.1. The predicted molar refractivity (Wildman–Crippen MR) is 91.4 cm³/mol. The van der Waals surface area contributed by atoms with Crippen molar-refractivity contribution in [2.45, 2.75) is 37.7 Å². The van der Waals surface area contributed by atoms with E-state index in [-0.39, 0.29) is 6.61 Å². The van der Waals surface area contributed by atoms with Crippen LogP contribution >= 0.6 is 0 Å². The van der Waals surface area contributed by atoms with Crippen molar-refractivity contribution in [3.8, 4) is 6.07 Å². The molecule has 14 heteroatoms. The number of halogens is 6. The molecule has 1 heterocycles. The predicted octanol–water partition coefficient (Wildman–Crippen LogP) is 2.27. The Labute approximate surface area is 171 Å². The summed E-state index contributed by atoms with van der Waals surface area (Å²) in [5.74, 6) is -0.998. The van der Waals surface area contributed by atoms with E-state index < -0.39 is 66.1 Å². The molecule has 170 valence electrons. The van der Waals surface area contributed by atoms with Crippen LogP contribution in [0.4, 0.5) is 36.8 Å². The van der Waals surface area contributed by atoms with E-state index in [0.29, 0.717) is 11.0 Å². The second kappa shape index (κ2) is 8.88. The quantitative estimate of drug-likeness (QED) is 0.660. The highest BCUT2D eigenvalue weighted by Crippen LogP contribution is 2.39. The smallest absolute Gasteiger partial charge is 0.433 e. The number of nitrogens with two attached hydrogens (primary N) is 1. The van der Waals surface area contributed by atoms with Crippen LogP contribution in [-0.2, 0) is 20.4 Å². The average Bonchev–Trinajstić information content (AvgIpc) is 3.11. The van der Waals surface area contributed by atoms with E-state index in [1.54, 1.807) is 0 Å². The molecule has 1 aromatic rings. The number of hydrogen-bond donors (Lipinski definition) is 2. The number of primary amides is 1. The monoisotopic (exact) mass is 454 g/mol. The van der Waals surface area contributed by atoms with Gasteiger partial charge in [0.2, 0.25) is 6.23 Å². The Hall–Kier alpha value is -3.21. The van der Waals surface area contributed by atoms with Gasteiger partial charge in [-0.05, 0) is 25.1 Å². The van der Waals surface area contributed by atoms with E-state index in [0.717, 1.165) is 12.1 Å². The van der Waals surface area contributed by atoms with Gasteiger partial charge < -0.3 is 25.4 Å². The second-order valence-electron chi connectivity index (χ2n) is 6.55. The van der Waals surface area contributed by atoms with Crippen molar-refractivity contribution in [3.63, 3.8) is 0 Å². The third kappa shape index (κ3) is 5.91. The van der Waals surface area contributed by atoms with Crippen molar-refractivity contribution in [2.75, 3.05) is 18.1 Å². The van der Waals surface area contributed by atoms with Gasteiger partial charge in [0.1, 0.15) is 6.61 Å². The summed E-state index contributed by atoms with van der Waals surface area (Å²) in [6, 6.07) is 2.54. The first-order valence-corrected chi connectivity index (χ1v) is 8.56. The Balaban J connectivity index is 2.28. The molecule has 0 saturated carbocycles. The molecule has 2 rings (SSSR count). The fraction of sp³-hybridized carbons (Fsp3) is 0.471. The molecule has 3 unspecified atom stereocenters. The number of nitrogens with zero attached hydrogens (tertiary/aromatic N) is 2. The van der Waals surface area contributed by atoms with Crippen molar-refractivity contribution in [1.29, 1.82) is 5.26 Å². The molecule has 8 nitrogen and oxygen atoms in total. The molecule has 31 heavy (non-hydrogen) atoms. The minimum atomic E-state index is -5.04. The van der Waals surface area contributed by atoms with E-state index >= 15 is 0 Å². The Kier molecular flexibility index (Phi) is 6.89. The van der Waals surface area contributed by atoms with Crippen molar-refractivity contribution >= 4 is 17.7 Å². The number of anilines is 1. The minimum absolute atomic E-state index is 0.356. The van der Waals surface area contributed by atoms with Crippen LogP contribution in [0.2, 0.25) is 0 Å². The highest BCUT2D eigenvalue weighted by molar-refractivity contribution is 5.82. The summed E-state index contributed by atoms with van der Waals surface area (Å²) in [6.45, 7) is 0.304. The van der Waals surface area contributed by atoms with Crippen LogP contribution in [0, 0.1) is 11.3 Å². The van der Waals surface area contributed by atoms with Gasteiger partial charge in [-0.3, -0.25) is 4.79 Å². The molecule has 0 aromatic heterocycles. The molecule has 3 atom stereocenters. The van der Waals surface area contributed by atoms with Gasteiger partial charge in [-0.15, -0.1) is 0 Å². The summed E-state index contributed by atoms with van der Waals surface area (Å²) in [7, 11) is 0. The molecule has 3 N–H and O–H groups in total. The van der Waals surface area contributed by atoms with Crippen LogP contribution in [-0.4, -0.2) is 49.7 Å². The fourth-order valence-corrected chi connectivity index (χ4v) is 2.81. The zero-order valence-electron chi connectivity index (χ0n) is 15.8. The maximum Gasteiger partial charge on any atom is 0.433 e. The number of carbonyl (C=O) groups is 2. The Bertz CT molecular complexity index is 883. The highest BCUT2D eigenvalue weighted by Gasteiger charge is 2.52. The van der Waals surface area contributed by atoms with Gasteiger partial charge in [0.15, 0.2) is 6.10 Å². The zero-order valence-corrected chi connectivity index (χ0v) is 15.8. The molecular weight excluding hydrogens is 438 g/mol. The van der Waals surface area contributed by atoms with Gasteiger partial charge in [-0.2, -0.15) is 31.6 Å². The SMILES string of the molecule is CC(COC(N)=O)NC(=O)C1CN(c2ccc(C#N)c(C(F)(F)F)c2)C(C(F)(F)F)O1. The van der Waals surface area contributed by atoms with E-state index in [1.165, 1.54) is 13.0 Å². The number of benzene rings is 1. The summed E-state index contributed by atoms with van der Waals surface area (Å²) in [6.07, 6.45) is -15.5. The molecule has 1 aliphatic heterocycles. The summed E-state index contributed by atoms with van der Waals surface area (Å²) >= 11 is 0. The molecule has 1 aromatic carbocycles. The average molecular weight is 454 g/mol. The van der Waals surface area contributed by atoms with Crippen LogP contribution in [0.15, 0.2) is 18.2 Å². The second-order valence-corrected chi connectivity index (χ2v) is 6.55. The standard InChI is InChI=1S/C17H16F6N4O4/c1-8(7-30-15(25)29)26-13(28)12-6-27(14(31-12)17(21,22)23)10-3-2-9(5-24)11(4-10)16(18,19)20/h2-4,8,12,14H,6-7H2,1H3,(H2,25,29)(H,26,28). The number of ether oxygens (including phenoxy) is 2. The molecule has 0 aliphatic carbocycles. The topological polar surface area (TPSA) is 118 Å². The molecule has 0 spiro atoms. The molecule has 1 aliphatic rings. The number of alkyl halides is 6. The third-order valence-corrected chi connectivity index (χ3v) is 4.14. The van der Waals surface area contributed by atoms with Crippen LogP contribution in [0.25, 0.3) is 0 Å². The van der Waals surface area contributed by atoms with E-state index in [9.17, 15) is 35.9 Å². The lowest BCUT2D eigenvalue weighted by Gasteiger charge is -2.27. The lowest BCUT2D eigenvalue weighted by Crippen LogP contribution is -2.44. The summed E-state index contributed by atoms with van der Waals surface area (Å²) in [4.78, 5) is 23.3. The first kappa shape index (κ1) is 24.1. The van der Waals surface area contributed by atoms with E-state index in [2.05, 4.69) is 10.1 Å². The van der Waals surface area contributed by atoms with Crippen LogP contribution in [0.3, 0.4) is 0 Å². The molecular formula is C17H16F6N4O4. The first-order chi connectivity index (χ1) is 14.2. The maximum atomic E-state index is 13.4. The number of nitriles is 1. The van der Waals surface area contributed by atoms with Crippen molar-refractivity contribution in [2.24, 2.45) is 5.73 Å². The van der Waals surface area contributed by atoms with Crippen LogP contribution in [0.1, 0.15) is 18.1 Å². The van der Waals surface area contributed by atoms with Gasteiger partial charge in [0.05, 0.1) is 29.8 Å². The lowest BCUT2D eigenvalue weighted by molar-refractivity contribution is -0.213. The largest absolute Gasteiger partial charge is 0.448 e. The molecule has 2 amide bonds. The van der Waals surface area contributed by atoms with Gasteiger partial charge in [0, 0.05) is 5.69 Å². The first-order valence-electron chi connectivity index (χ1n) is 8.56. The van der Waals surface area contributed by atoms with E-state index in [1.807, 2.05) is 0 Å². The number of carbonyl (C=O) groups excluding carboxylic acids is 2. The third-order valence-electron chi connectivity index (χ3n) is 4.14.